The van der Waals surface area contributed by atoms with Gasteiger partial charge >= 0.3 is 16.4 Å². The molecular weight excluding hydrogens is 322 g/mol. The number of nitrogens with zero attached hydrogens (tertiary/aromatic N) is 4. The molecule has 0 saturated carbocycles. The first-order chi connectivity index (χ1) is 10.2. The van der Waals surface area contributed by atoms with Gasteiger partial charge in [0, 0.05) is 13.5 Å². The highest BCUT2D eigenvalue weighted by atomic mass is 32.3. The van der Waals surface area contributed by atoms with E-state index in [4.69, 9.17) is 4.55 Å². The molecule has 2 rings (SSSR count). The highest BCUT2D eigenvalue weighted by molar-refractivity contribution is 7.80. The van der Waals surface area contributed by atoms with E-state index < -0.39 is 34.4 Å². The molecule has 2 aliphatic heterocycles. The number of amides is 3. The highest BCUT2D eigenvalue weighted by Gasteiger charge is 2.47. The molecule has 2 aliphatic rings. The number of piperidine rings is 1. The lowest BCUT2D eigenvalue weighted by molar-refractivity contribution is -0.124. The Balaban J connectivity index is 2.05. The summed E-state index contributed by atoms with van der Waals surface area (Å²) in [6, 6.07) is -1.70. The summed E-state index contributed by atoms with van der Waals surface area (Å²) >= 11 is 0. The van der Waals surface area contributed by atoms with E-state index >= 15 is 0 Å². The summed E-state index contributed by atoms with van der Waals surface area (Å²) in [7, 11) is -4.80. The molecule has 0 radical (unpaired) electrons. The molecule has 0 unspecified atom stereocenters. The van der Waals surface area contributed by atoms with Gasteiger partial charge in [-0.1, -0.05) is 0 Å². The molecule has 2 saturated heterocycles. The van der Waals surface area contributed by atoms with E-state index in [2.05, 4.69) is 15.0 Å². The van der Waals surface area contributed by atoms with Gasteiger partial charge in [-0.25, -0.2) is 10.2 Å². The second kappa shape index (κ2) is 6.02. The van der Waals surface area contributed by atoms with Crippen LogP contribution in [0.4, 0.5) is 4.79 Å². The standard InChI is InChI=1S/C9H15N5O7S/c1-6(15)10-13(11-17)5-7-2-3-8-4-12(7)9(16)14(8)21-22(18,19)20/h7-8H,2-5H2,1H3,(H,10,15)(H,18,19,20)/t7-,8-/m0/s1. The van der Waals surface area contributed by atoms with Gasteiger partial charge in [0.25, 0.3) is 0 Å². The van der Waals surface area contributed by atoms with Gasteiger partial charge in [-0.2, -0.15) is 18.6 Å². The largest absolute Gasteiger partial charge is 0.418 e. The van der Waals surface area contributed by atoms with Crippen LogP contribution in [0.2, 0.25) is 0 Å². The van der Waals surface area contributed by atoms with Gasteiger partial charge < -0.3 is 4.90 Å². The van der Waals surface area contributed by atoms with E-state index in [1.54, 1.807) is 0 Å². The fourth-order valence-corrected chi connectivity index (χ4v) is 2.97. The van der Waals surface area contributed by atoms with E-state index in [-0.39, 0.29) is 13.1 Å². The number of hydrogen-bond acceptors (Lipinski definition) is 7. The average molecular weight is 337 g/mol. The third-order valence-electron chi connectivity index (χ3n) is 3.39. The molecule has 0 aliphatic carbocycles. The first-order valence-corrected chi connectivity index (χ1v) is 7.72. The molecule has 2 N–H and O–H groups in total. The average Bonchev–Trinajstić information content (AvgIpc) is 2.64. The SMILES string of the molecule is CC(=O)NN(C[C@@H]1CC[C@H]2CN1C(=O)N2OS(=O)(=O)O)N=O. The van der Waals surface area contributed by atoms with Crippen molar-refractivity contribution in [3.05, 3.63) is 4.91 Å². The third kappa shape index (κ3) is 3.61. The van der Waals surface area contributed by atoms with Gasteiger partial charge in [0.05, 0.1) is 23.9 Å². The maximum absolute atomic E-state index is 12.1. The molecule has 3 amide bonds. The zero-order valence-corrected chi connectivity index (χ0v) is 12.4. The maximum atomic E-state index is 12.1. The Bertz CT molecular complexity index is 581. The minimum absolute atomic E-state index is 0.0404. The minimum Gasteiger partial charge on any atom is -0.316 e. The number of carbonyl (C=O) groups is 2. The number of hydrogen-bond donors (Lipinski definition) is 2. The lowest BCUT2D eigenvalue weighted by Crippen LogP contribution is -2.49. The summed E-state index contributed by atoms with van der Waals surface area (Å²) in [5.41, 5.74) is 2.20. The fraction of sp³-hybridized carbons (Fsp3) is 0.778. The lowest BCUT2D eigenvalue weighted by Gasteiger charge is -2.32. The summed E-state index contributed by atoms with van der Waals surface area (Å²) in [5.74, 6) is -0.489. The van der Waals surface area contributed by atoms with Crippen molar-refractivity contribution < 1.29 is 26.8 Å². The maximum Gasteiger partial charge on any atom is 0.418 e. The predicted molar refractivity (Wildman–Crippen MR) is 69.7 cm³/mol. The topological polar surface area (TPSA) is 149 Å². The van der Waals surface area contributed by atoms with E-state index in [9.17, 15) is 22.9 Å². The highest BCUT2D eigenvalue weighted by Crippen LogP contribution is 2.30. The molecule has 0 spiro atoms. The van der Waals surface area contributed by atoms with Crippen molar-refractivity contribution >= 4 is 22.3 Å². The normalized spacial score (nSPS) is 24.4. The molecular formula is C9H15N5O7S. The molecule has 22 heavy (non-hydrogen) atoms. The number of rotatable bonds is 6. The van der Waals surface area contributed by atoms with Gasteiger partial charge in [0.15, 0.2) is 0 Å². The summed E-state index contributed by atoms with van der Waals surface area (Å²) in [6.07, 6.45) is 0.864. The molecule has 0 aromatic heterocycles. The summed E-state index contributed by atoms with van der Waals surface area (Å²) in [4.78, 5) is 35.0. The first-order valence-electron chi connectivity index (χ1n) is 6.36. The van der Waals surface area contributed by atoms with Crippen molar-refractivity contribution in [1.29, 1.82) is 0 Å². The Hall–Kier alpha value is -1.99. The monoisotopic (exact) mass is 337 g/mol. The first kappa shape index (κ1) is 16.4. The van der Waals surface area contributed by atoms with Gasteiger partial charge in [0.2, 0.25) is 5.91 Å². The van der Waals surface area contributed by atoms with Crippen LogP contribution in [0.1, 0.15) is 19.8 Å². The van der Waals surface area contributed by atoms with Gasteiger partial charge in [0.1, 0.15) is 0 Å². The van der Waals surface area contributed by atoms with Gasteiger partial charge in [-0.3, -0.25) is 9.35 Å². The molecule has 0 aromatic carbocycles. The lowest BCUT2D eigenvalue weighted by atomic mass is 10.0. The van der Waals surface area contributed by atoms with Crippen molar-refractivity contribution in [3.63, 3.8) is 0 Å². The van der Waals surface area contributed by atoms with Crippen LogP contribution < -0.4 is 5.43 Å². The van der Waals surface area contributed by atoms with Crippen LogP contribution in [-0.2, 0) is 19.5 Å². The zero-order valence-electron chi connectivity index (χ0n) is 11.6. The zero-order chi connectivity index (χ0) is 16.5. The third-order valence-corrected chi connectivity index (χ3v) is 3.74. The van der Waals surface area contributed by atoms with Crippen molar-refractivity contribution in [2.45, 2.75) is 31.8 Å². The number of nitroso groups, excluding NO2 is 1. The second-order valence-corrected chi connectivity index (χ2v) is 5.98. The fourth-order valence-electron chi connectivity index (χ4n) is 2.58. The van der Waals surface area contributed by atoms with E-state index in [1.165, 1.54) is 11.8 Å². The molecule has 13 heteroatoms. The van der Waals surface area contributed by atoms with Crippen LogP contribution in [0.3, 0.4) is 0 Å². The Kier molecular flexibility index (Phi) is 4.48. The smallest absolute Gasteiger partial charge is 0.316 e. The Labute approximate surface area is 125 Å². The molecule has 2 atom stereocenters. The van der Waals surface area contributed by atoms with E-state index in [1.807, 2.05) is 0 Å². The number of hydroxylamine groups is 2. The number of urea groups is 1. The molecule has 2 heterocycles. The van der Waals surface area contributed by atoms with Gasteiger partial charge in [-0.15, -0.1) is 9.19 Å². The number of nitrogens with one attached hydrogen (secondary N) is 1. The van der Waals surface area contributed by atoms with Crippen molar-refractivity contribution in [2.75, 3.05) is 13.1 Å². The second-order valence-electron chi connectivity index (χ2n) is 4.98. The predicted octanol–water partition coefficient (Wildman–Crippen LogP) is -0.976. The van der Waals surface area contributed by atoms with Crippen molar-refractivity contribution in [2.24, 2.45) is 5.29 Å². The van der Waals surface area contributed by atoms with E-state index in [0.717, 1.165) is 5.12 Å². The molecule has 0 aromatic rings. The molecule has 2 bridgehead atoms. The molecule has 2 fully saturated rings. The molecule has 124 valence electrons. The van der Waals surface area contributed by atoms with Gasteiger partial charge in [-0.05, 0) is 12.8 Å². The number of hydrazine groups is 1. The van der Waals surface area contributed by atoms with Crippen molar-refractivity contribution in [3.8, 4) is 0 Å². The van der Waals surface area contributed by atoms with Crippen LogP contribution in [-0.4, -0.2) is 65.2 Å². The Morgan fingerprint density at radius 2 is 2.23 bits per heavy atom. The van der Waals surface area contributed by atoms with Crippen LogP contribution in [0.15, 0.2) is 5.29 Å². The van der Waals surface area contributed by atoms with E-state index in [0.29, 0.717) is 17.9 Å². The summed E-state index contributed by atoms with van der Waals surface area (Å²) < 4.78 is 34.5. The Morgan fingerprint density at radius 1 is 1.55 bits per heavy atom. The van der Waals surface area contributed by atoms with Crippen LogP contribution in [0, 0.1) is 4.91 Å². The minimum atomic E-state index is -4.80. The number of fused-ring (bicyclic) bond motifs is 2. The summed E-state index contributed by atoms with van der Waals surface area (Å²) in [6.45, 7) is 1.35. The number of carbonyl (C=O) groups excluding carboxylic acids is 2. The molecule has 12 nitrogen and oxygen atoms in total. The van der Waals surface area contributed by atoms with Crippen LogP contribution in [0.5, 0.6) is 0 Å². The summed E-state index contributed by atoms with van der Waals surface area (Å²) in [5, 5.41) is 4.02. The Morgan fingerprint density at radius 3 is 2.77 bits per heavy atom. The quantitative estimate of drug-likeness (QED) is 0.357. The van der Waals surface area contributed by atoms with Crippen LogP contribution in [0.25, 0.3) is 0 Å². The van der Waals surface area contributed by atoms with Crippen molar-refractivity contribution in [1.82, 2.24) is 20.5 Å². The van der Waals surface area contributed by atoms with Crippen LogP contribution >= 0.6 is 0 Å².